The van der Waals surface area contributed by atoms with Crippen LogP contribution in [0.5, 0.6) is 0 Å². The fourth-order valence-corrected chi connectivity index (χ4v) is 0.427. The molecule has 11 heavy (non-hydrogen) atoms. The maximum absolute atomic E-state index is 10.2. The van der Waals surface area contributed by atoms with Crippen LogP contribution in [-0.2, 0) is 4.79 Å². The normalized spacial score (nSPS) is 10.4. The number of allylic oxidation sites excluding steroid dienone is 2. The van der Waals surface area contributed by atoms with E-state index in [9.17, 15) is 4.79 Å². The van der Waals surface area contributed by atoms with E-state index in [0.29, 0.717) is 0 Å². The van der Waals surface area contributed by atoms with Gasteiger partial charge in [0.1, 0.15) is 12.1 Å². The van der Waals surface area contributed by atoms with Gasteiger partial charge in [-0.05, 0) is 6.08 Å². The molecule has 0 aliphatic rings. The Morgan fingerprint density at radius 2 is 2.00 bits per heavy atom. The van der Waals surface area contributed by atoms with Crippen molar-refractivity contribution in [3.63, 3.8) is 0 Å². The van der Waals surface area contributed by atoms with E-state index in [1.165, 1.54) is 6.07 Å². The van der Waals surface area contributed by atoms with Crippen LogP contribution in [0.2, 0.25) is 0 Å². The van der Waals surface area contributed by atoms with Crippen LogP contribution >= 0.6 is 0 Å². The first kappa shape index (κ1) is 8.93. The van der Waals surface area contributed by atoms with Gasteiger partial charge in [0.2, 0.25) is 0 Å². The number of hydrogen-bond donors (Lipinski definition) is 1. The molecule has 0 aromatic heterocycles. The average Bonchev–Trinajstić information content (AvgIpc) is 1.99. The third-order valence-electron chi connectivity index (χ3n) is 0.920. The molecule has 0 spiro atoms. The summed E-state index contributed by atoms with van der Waals surface area (Å²) in [6.07, 6.45) is 1.03. The molecule has 0 heterocycles. The predicted molar refractivity (Wildman–Crippen MR) is 36.1 cm³/mol. The highest BCUT2D eigenvalue weighted by Gasteiger charge is 2.10. The van der Waals surface area contributed by atoms with E-state index in [1.807, 2.05) is 0 Å². The molecule has 0 aromatic carbocycles. The van der Waals surface area contributed by atoms with Gasteiger partial charge in [-0.1, -0.05) is 6.58 Å². The lowest BCUT2D eigenvalue weighted by atomic mass is 10.1. The minimum Gasteiger partial charge on any atom is -0.477 e. The van der Waals surface area contributed by atoms with Crippen molar-refractivity contribution in [2.24, 2.45) is 0 Å². The Kier molecular flexibility index (Phi) is 3.14. The Hall–Kier alpha value is -2.07. The molecule has 4 heteroatoms. The molecule has 0 rings (SSSR count). The van der Waals surface area contributed by atoms with Crippen molar-refractivity contribution < 1.29 is 9.90 Å². The Labute approximate surface area is 63.3 Å². The zero-order valence-electron chi connectivity index (χ0n) is 5.53. The van der Waals surface area contributed by atoms with Gasteiger partial charge >= 0.3 is 5.97 Å². The summed E-state index contributed by atoms with van der Waals surface area (Å²) >= 11 is 0. The van der Waals surface area contributed by atoms with Gasteiger partial charge in [0, 0.05) is 0 Å². The predicted octanol–water partition coefficient (Wildman–Crippen LogP) is 0.601. The van der Waals surface area contributed by atoms with E-state index in [1.54, 1.807) is 6.07 Å². The molecular weight excluding hydrogens is 144 g/mol. The van der Waals surface area contributed by atoms with E-state index in [2.05, 4.69) is 6.58 Å². The topological polar surface area (TPSA) is 84.9 Å². The largest absolute Gasteiger partial charge is 0.477 e. The second kappa shape index (κ2) is 3.86. The van der Waals surface area contributed by atoms with E-state index in [-0.39, 0.29) is 5.57 Å². The number of carboxylic acid groups (broad SMARTS) is 1. The molecule has 0 bridgehead atoms. The lowest BCUT2D eigenvalue weighted by Crippen LogP contribution is -2.00. The number of nitriles is 2. The van der Waals surface area contributed by atoms with Crippen LogP contribution < -0.4 is 0 Å². The van der Waals surface area contributed by atoms with E-state index < -0.39 is 11.5 Å². The van der Waals surface area contributed by atoms with E-state index in [4.69, 9.17) is 15.6 Å². The molecule has 0 saturated carbocycles. The maximum atomic E-state index is 10.2. The summed E-state index contributed by atoms with van der Waals surface area (Å²) in [6, 6.07) is 2.93. The van der Waals surface area contributed by atoms with Crippen LogP contribution in [0.15, 0.2) is 23.8 Å². The first-order valence-electron chi connectivity index (χ1n) is 2.57. The quantitative estimate of drug-likeness (QED) is 0.353. The Morgan fingerprint density at radius 1 is 1.45 bits per heavy atom. The van der Waals surface area contributed by atoms with Crippen molar-refractivity contribution in [3.8, 4) is 12.1 Å². The summed E-state index contributed by atoms with van der Waals surface area (Å²) in [5.74, 6) is -1.41. The van der Waals surface area contributed by atoms with Crippen LogP contribution in [0.3, 0.4) is 0 Å². The second-order valence-corrected chi connectivity index (χ2v) is 1.52. The van der Waals surface area contributed by atoms with E-state index >= 15 is 0 Å². The van der Waals surface area contributed by atoms with Gasteiger partial charge in [-0.25, -0.2) is 4.79 Å². The van der Waals surface area contributed by atoms with Gasteiger partial charge < -0.3 is 5.11 Å². The van der Waals surface area contributed by atoms with Crippen molar-refractivity contribution in [2.75, 3.05) is 0 Å². The fourth-order valence-electron chi connectivity index (χ4n) is 0.427. The van der Waals surface area contributed by atoms with E-state index in [0.717, 1.165) is 6.08 Å². The molecule has 0 atom stereocenters. The number of carbonyl (C=O) groups is 1. The molecule has 0 aliphatic carbocycles. The number of aliphatic carboxylic acids is 1. The third-order valence-corrected chi connectivity index (χ3v) is 0.920. The second-order valence-electron chi connectivity index (χ2n) is 1.52. The summed E-state index contributed by atoms with van der Waals surface area (Å²) < 4.78 is 0. The van der Waals surface area contributed by atoms with Crippen molar-refractivity contribution in [1.29, 1.82) is 10.5 Å². The minimum atomic E-state index is -1.41. The highest BCUT2D eigenvalue weighted by molar-refractivity contribution is 5.93. The summed E-state index contributed by atoms with van der Waals surface area (Å²) in [5, 5.41) is 24.9. The maximum Gasteiger partial charge on any atom is 0.347 e. The van der Waals surface area contributed by atoms with Gasteiger partial charge in [-0.15, -0.1) is 0 Å². The van der Waals surface area contributed by atoms with Crippen molar-refractivity contribution in [3.05, 3.63) is 23.8 Å². The highest BCUT2D eigenvalue weighted by Crippen LogP contribution is 2.03. The fraction of sp³-hybridized carbons (Fsp3) is 0. The first-order chi connectivity index (χ1) is 5.17. The van der Waals surface area contributed by atoms with Crippen molar-refractivity contribution >= 4 is 5.97 Å². The van der Waals surface area contributed by atoms with Gasteiger partial charge in [-0.2, -0.15) is 10.5 Å². The third kappa shape index (κ3) is 1.96. The average molecular weight is 148 g/mol. The Balaban J connectivity index is 5.19. The van der Waals surface area contributed by atoms with Gasteiger partial charge in [-0.3, -0.25) is 0 Å². The molecule has 54 valence electrons. The number of nitrogens with zero attached hydrogens (tertiary/aromatic N) is 2. The Morgan fingerprint density at radius 3 is 2.09 bits per heavy atom. The molecule has 1 N–H and O–H groups in total. The molecule has 0 fully saturated rings. The first-order valence-corrected chi connectivity index (χ1v) is 2.57. The van der Waals surface area contributed by atoms with Crippen LogP contribution in [0.1, 0.15) is 0 Å². The molecule has 4 nitrogen and oxygen atoms in total. The van der Waals surface area contributed by atoms with Gasteiger partial charge in [0.05, 0.1) is 5.57 Å². The molecule has 0 aliphatic heterocycles. The van der Waals surface area contributed by atoms with Gasteiger partial charge in [0.25, 0.3) is 0 Å². The monoisotopic (exact) mass is 148 g/mol. The van der Waals surface area contributed by atoms with Crippen LogP contribution in [-0.4, -0.2) is 11.1 Å². The molecule has 0 aromatic rings. The molecule has 0 amide bonds. The number of carboxylic acids is 1. The molecule has 0 saturated heterocycles. The summed E-state index contributed by atoms with van der Waals surface area (Å²) in [7, 11) is 0. The lowest BCUT2D eigenvalue weighted by molar-refractivity contribution is -0.132. The lowest BCUT2D eigenvalue weighted by Gasteiger charge is -1.88. The van der Waals surface area contributed by atoms with Crippen LogP contribution in [0.25, 0.3) is 0 Å². The molecule has 0 radical (unpaired) electrons. The highest BCUT2D eigenvalue weighted by atomic mass is 16.4. The SMILES string of the molecule is C=C/C(C#N)=C(\C#N)C(=O)O. The zero-order chi connectivity index (χ0) is 8.85. The minimum absolute atomic E-state index is 0.222. The van der Waals surface area contributed by atoms with Crippen LogP contribution in [0.4, 0.5) is 0 Å². The standard InChI is InChI=1S/C7H4N2O2/c1-2-5(3-8)6(4-9)7(10)11/h2H,1H2,(H,10,11)/b6-5-. The van der Waals surface area contributed by atoms with Crippen molar-refractivity contribution in [2.45, 2.75) is 0 Å². The molecular formula is C7H4N2O2. The number of rotatable bonds is 2. The smallest absolute Gasteiger partial charge is 0.347 e. The summed E-state index contributed by atoms with van der Waals surface area (Å²) in [6.45, 7) is 3.19. The van der Waals surface area contributed by atoms with Crippen molar-refractivity contribution in [1.82, 2.24) is 0 Å². The molecule has 0 unspecified atom stereocenters. The van der Waals surface area contributed by atoms with Crippen LogP contribution in [0, 0.1) is 22.7 Å². The zero-order valence-corrected chi connectivity index (χ0v) is 5.53. The summed E-state index contributed by atoms with van der Waals surface area (Å²) in [5.41, 5.74) is -0.803. The number of hydrogen-bond acceptors (Lipinski definition) is 3. The summed E-state index contributed by atoms with van der Waals surface area (Å²) in [4.78, 5) is 10.2. The Bertz CT molecular complexity index is 301. The van der Waals surface area contributed by atoms with Gasteiger partial charge in [0.15, 0.2) is 5.57 Å².